The van der Waals surface area contributed by atoms with Crippen molar-refractivity contribution in [2.75, 3.05) is 13.1 Å². The summed E-state index contributed by atoms with van der Waals surface area (Å²) in [5.74, 6) is 0.733. The van der Waals surface area contributed by atoms with Gasteiger partial charge in [-0.2, -0.15) is 5.10 Å². The zero-order valence-corrected chi connectivity index (χ0v) is 13.0. The van der Waals surface area contributed by atoms with E-state index in [-0.39, 0.29) is 0 Å². The van der Waals surface area contributed by atoms with E-state index in [0.717, 1.165) is 24.6 Å². The Bertz CT molecular complexity index is 573. The number of pyridine rings is 1. The molecule has 0 unspecified atom stereocenters. The van der Waals surface area contributed by atoms with Crippen LogP contribution in [0.1, 0.15) is 35.4 Å². The van der Waals surface area contributed by atoms with Gasteiger partial charge >= 0.3 is 0 Å². The summed E-state index contributed by atoms with van der Waals surface area (Å²) < 4.78 is 0. The van der Waals surface area contributed by atoms with E-state index in [1.807, 2.05) is 19.3 Å². The van der Waals surface area contributed by atoms with Crippen LogP contribution in [-0.2, 0) is 13.0 Å². The third-order valence-electron chi connectivity index (χ3n) is 4.41. The largest absolute Gasteiger partial charge is 0.299 e. The molecule has 2 aromatic heterocycles. The average Bonchev–Trinajstić information content (AvgIpc) is 2.87. The Kier molecular flexibility index (Phi) is 4.34. The second-order valence-corrected chi connectivity index (χ2v) is 6.29. The maximum Gasteiger partial charge on any atom is 0.0519 e. The summed E-state index contributed by atoms with van der Waals surface area (Å²) in [6, 6.07) is 4.30. The quantitative estimate of drug-likeness (QED) is 0.939. The molecule has 0 spiro atoms. The Hall–Kier alpha value is -1.68. The van der Waals surface area contributed by atoms with Crippen LogP contribution in [0.15, 0.2) is 24.5 Å². The third-order valence-corrected chi connectivity index (χ3v) is 4.41. The zero-order chi connectivity index (χ0) is 14.7. The summed E-state index contributed by atoms with van der Waals surface area (Å²) in [7, 11) is 0. The predicted octanol–water partition coefficient (Wildman–Crippen LogP) is 2.88. The molecule has 0 aliphatic carbocycles. The molecule has 2 aromatic rings. The van der Waals surface area contributed by atoms with Gasteiger partial charge in [0.2, 0.25) is 0 Å². The predicted molar refractivity (Wildman–Crippen MR) is 84.0 cm³/mol. The molecule has 3 rings (SSSR count). The normalized spacial score (nSPS) is 19.8. The third kappa shape index (κ3) is 3.70. The zero-order valence-electron chi connectivity index (χ0n) is 13.0. The molecule has 4 heteroatoms. The van der Waals surface area contributed by atoms with Crippen LogP contribution in [0, 0.1) is 19.8 Å². The molecule has 4 nitrogen and oxygen atoms in total. The van der Waals surface area contributed by atoms with Crippen LogP contribution < -0.4 is 0 Å². The second kappa shape index (κ2) is 6.39. The van der Waals surface area contributed by atoms with Crippen molar-refractivity contribution in [1.29, 1.82) is 0 Å². The van der Waals surface area contributed by atoms with E-state index < -0.39 is 0 Å². The number of hydrogen-bond donors (Lipinski definition) is 1. The highest BCUT2D eigenvalue weighted by molar-refractivity contribution is 5.15. The number of piperidine rings is 1. The van der Waals surface area contributed by atoms with Crippen molar-refractivity contribution < 1.29 is 0 Å². The molecule has 1 aliphatic rings. The van der Waals surface area contributed by atoms with Crippen LogP contribution in [0.5, 0.6) is 0 Å². The first kappa shape index (κ1) is 14.3. The van der Waals surface area contributed by atoms with Gasteiger partial charge in [-0.1, -0.05) is 6.07 Å². The number of hydrogen-bond acceptors (Lipinski definition) is 3. The molecular weight excluding hydrogens is 260 g/mol. The van der Waals surface area contributed by atoms with E-state index in [9.17, 15) is 0 Å². The summed E-state index contributed by atoms with van der Waals surface area (Å²) in [4.78, 5) is 6.96. The fourth-order valence-electron chi connectivity index (χ4n) is 3.18. The smallest absolute Gasteiger partial charge is 0.0519 e. The monoisotopic (exact) mass is 284 g/mol. The number of aromatic amines is 1. The molecule has 1 N–H and O–H groups in total. The first-order chi connectivity index (χ1) is 10.2. The van der Waals surface area contributed by atoms with E-state index >= 15 is 0 Å². The summed E-state index contributed by atoms with van der Waals surface area (Å²) in [5, 5.41) is 7.28. The minimum atomic E-state index is 0.733. The second-order valence-electron chi connectivity index (χ2n) is 6.29. The van der Waals surface area contributed by atoms with Crippen molar-refractivity contribution in [1.82, 2.24) is 20.1 Å². The van der Waals surface area contributed by atoms with Crippen molar-refractivity contribution >= 4 is 0 Å². The maximum absolute atomic E-state index is 4.40. The molecule has 1 atom stereocenters. The molecule has 1 fully saturated rings. The standard InChI is InChI=1S/C17H24N4/c1-13-9-19-20-17(13)8-15-4-3-7-21(11-15)12-16-6-5-14(2)18-10-16/h5-6,9-10,15H,3-4,7-8,11-12H2,1-2H3,(H,19,20)/t15-/m0/s1. The molecule has 1 saturated heterocycles. The minimum Gasteiger partial charge on any atom is -0.299 e. The van der Waals surface area contributed by atoms with Crippen molar-refractivity contribution in [3.63, 3.8) is 0 Å². The van der Waals surface area contributed by atoms with E-state index in [4.69, 9.17) is 0 Å². The Labute approximate surface area is 126 Å². The molecule has 0 radical (unpaired) electrons. The highest BCUT2D eigenvalue weighted by Gasteiger charge is 2.21. The van der Waals surface area contributed by atoms with Crippen LogP contribution in [0.25, 0.3) is 0 Å². The first-order valence-corrected chi connectivity index (χ1v) is 7.83. The van der Waals surface area contributed by atoms with Crippen molar-refractivity contribution in [2.45, 2.75) is 39.7 Å². The van der Waals surface area contributed by atoms with Gasteiger partial charge in [0.25, 0.3) is 0 Å². The fourth-order valence-corrected chi connectivity index (χ4v) is 3.18. The number of H-pyrrole nitrogens is 1. The minimum absolute atomic E-state index is 0.733. The molecule has 0 aromatic carbocycles. The van der Waals surface area contributed by atoms with Crippen LogP contribution in [0.4, 0.5) is 0 Å². The summed E-state index contributed by atoms with van der Waals surface area (Å²) in [5.41, 5.74) is 5.00. The van der Waals surface area contributed by atoms with E-state index in [2.05, 4.69) is 39.1 Å². The van der Waals surface area contributed by atoms with Gasteiger partial charge < -0.3 is 0 Å². The number of rotatable bonds is 4. The van der Waals surface area contributed by atoms with Crippen molar-refractivity contribution in [3.05, 3.63) is 47.0 Å². The molecule has 112 valence electrons. The van der Waals surface area contributed by atoms with Gasteiger partial charge in [-0.15, -0.1) is 0 Å². The average molecular weight is 284 g/mol. The van der Waals surface area contributed by atoms with E-state index in [0.29, 0.717) is 0 Å². The first-order valence-electron chi connectivity index (χ1n) is 7.83. The lowest BCUT2D eigenvalue weighted by molar-refractivity contribution is 0.166. The van der Waals surface area contributed by atoms with Gasteiger partial charge in [-0.3, -0.25) is 15.0 Å². The Balaban J connectivity index is 1.58. The van der Waals surface area contributed by atoms with Gasteiger partial charge in [0.1, 0.15) is 0 Å². The number of nitrogens with zero attached hydrogens (tertiary/aromatic N) is 3. The van der Waals surface area contributed by atoms with Crippen LogP contribution in [0.2, 0.25) is 0 Å². The summed E-state index contributed by atoms with van der Waals surface area (Å²) in [6.07, 6.45) is 7.67. The Morgan fingerprint density at radius 3 is 2.90 bits per heavy atom. The maximum atomic E-state index is 4.40. The number of nitrogens with one attached hydrogen (secondary N) is 1. The molecular formula is C17H24N4. The van der Waals surface area contributed by atoms with Crippen LogP contribution >= 0.6 is 0 Å². The van der Waals surface area contributed by atoms with E-state index in [1.54, 1.807) is 0 Å². The van der Waals surface area contributed by atoms with Crippen molar-refractivity contribution in [3.8, 4) is 0 Å². The molecule has 0 amide bonds. The number of aryl methyl sites for hydroxylation is 2. The summed E-state index contributed by atoms with van der Waals surface area (Å²) in [6.45, 7) is 7.56. The SMILES string of the molecule is Cc1ccc(CN2CCC[C@@H](Cc3[nH]ncc3C)C2)cn1. The molecule has 3 heterocycles. The topological polar surface area (TPSA) is 44.8 Å². The fraction of sp³-hybridized carbons (Fsp3) is 0.529. The lowest BCUT2D eigenvalue weighted by atomic mass is 9.92. The lowest BCUT2D eigenvalue weighted by Gasteiger charge is -2.32. The lowest BCUT2D eigenvalue weighted by Crippen LogP contribution is -2.35. The highest BCUT2D eigenvalue weighted by Crippen LogP contribution is 2.22. The van der Waals surface area contributed by atoms with Gasteiger partial charge in [0.15, 0.2) is 0 Å². The van der Waals surface area contributed by atoms with Crippen molar-refractivity contribution in [2.24, 2.45) is 5.92 Å². The van der Waals surface area contributed by atoms with Crippen LogP contribution in [-0.4, -0.2) is 33.2 Å². The van der Waals surface area contributed by atoms with Gasteiger partial charge in [0.05, 0.1) is 6.20 Å². The van der Waals surface area contributed by atoms with Gasteiger partial charge in [0, 0.05) is 30.7 Å². The summed E-state index contributed by atoms with van der Waals surface area (Å²) >= 11 is 0. The number of likely N-dealkylation sites (tertiary alicyclic amines) is 1. The van der Waals surface area contributed by atoms with Gasteiger partial charge in [-0.25, -0.2) is 0 Å². The molecule has 21 heavy (non-hydrogen) atoms. The molecule has 0 saturated carbocycles. The highest BCUT2D eigenvalue weighted by atomic mass is 15.1. The van der Waals surface area contributed by atoms with E-state index in [1.165, 1.54) is 42.8 Å². The Morgan fingerprint density at radius 2 is 2.19 bits per heavy atom. The molecule has 1 aliphatic heterocycles. The Morgan fingerprint density at radius 1 is 1.29 bits per heavy atom. The van der Waals surface area contributed by atoms with Crippen LogP contribution in [0.3, 0.4) is 0 Å². The number of aromatic nitrogens is 3. The molecule has 0 bridgehead atoms. The van der Waals surface area contributed by atoms with Gasteiger partial charge in [-0.05, 0) is 62.8 Å².